The molecule has 25 heavy (non-hydrogen) atoms. The van der Waals surface area contributed by atoms with Crippen molar-refractivity contribution in [3.05, 3.63) is 60.2 Å². The van der Waals surface area contributed by atoms with Gasteiger partial charge in [-0.2, -0.15) is 0 Å². The Morgan fingerprint density at radius 1 is 0.960 bits per heavy atom. The van der Waals surface area contributed by atoms with E-state index in [0.717, 1.165) is 30.1 Å². The number of carbonyl (C=O) groups excluding carboxylic acids is 1. The highest BCUT2D eigenvalue weighted by Gasteiger charge is 2.13. The molecule has 0 unspecified atom stereocenters. The molecule has 0 bridgehead atoms. The Balaban J connectivity index is 1.51. The van der Waals surface area contributed by atoms with E-state index in [4.69, 9.17) is 4.74 Å². The smallest absolute Gasteiger partial charge is 0.238 e. The van der Waals surface area contributed by atoms with Crippen molar-refractivity contribution in [3.8, 4) is 5.75 Å². The van der Waals surface area contributed by atoms with Crippen molar-refractivity contribution in [1.82, 2.24) is 4.90 Å². The van der Waals surface area contributed by atoms with Crippen LogP contribution in [-0.2, 0) is 11.4 Å². The number of ether oxygens (including phenoxy) is 1. The number of rotatable bonds is 6. The molecule has 4 heteroatoms. The molecule has 2 aromatic carbocycles. The van der Waals surface area contributed by atoms with Gasteiger partial charge in [0, 0.05) is 11.8 Å². The normalized spacial score (nSPS) is 15.4. The fraction of sp³-hybridized carbons (Fsp3) is 0.381. The predicted molar refractivity (Wildman–Crippen MR) is 101 cm³/mol. The van der Waals surface area contributed by atoms with Crippen LogP contribution in [0.2, 0.25) is 0 Å². The van der Waals surface area contributed by atoms with Crippen molar-refractivity contribution in [2.24, 2.45) is 0 Å². The maximum atomic E-state index is 12.3. The van der Waals surface area contributed by atoms with E-state index in [1.165, 1.54) is 25.7 Å². The van der Waals surface area contributed by atoms with E-state index < -0.39 is 0 Å². The highest BCUT2D eigenvalue weighted by atomic mass is 16.5. The van der Waals surface area contributed by atoms with E-state index in [0.29, 0.717) is 13.2 Å². The first-order valence-corrected chi connectivity index (χ1v) is 9.08. The van der Waals surface area contributed by atoms with Gasteiger partial charge in [0.25, 0.3) is 0 Å². The molecule has 1 N–H and O–H groups in total. The van der Waals surface area contributed by atoms with E-state index in [9.17, 15) is 4.79 Å². The number of likely N-dealkylation sites (tertiary alicyclic amines) is 1. The summed E-state index contributed by atoms with van der Waals surface area (Å²) in [5.41, 5.74) is 1.91. The summed E-state index contributed by atoms with van der Waals surface area (Å²) in [4.78, 5) is 14.5. The van der Waals surface area contributed by atoms with Crippen molar-refractivity contribution in [2.75, 3.05) is 25.0 Å². The molecule has 1 aliphatic rings. The third-order valence-electron chi connectivity index (χ3n) is 4.43. The predicted octanol–water partition coefficient (Wildman–Crippen LogP) is 4.08. The lowest BCUT2D eigenvalue weighted by Gasteiger charge is -2.19. The van der Waals surface area contributed by atoms with Gasteiger partial charge in [0.1, 0.15) is 12.4 Å². The van der Waals surface area contributed by atoms with Crippen LogP contribution in [0.3, 0.4) is 0 Å². The standard InChI is InChI=1S/C21H26N2O2/c24-21(16-23-13-6-1-2-7-14-23)22-19-11-8-12-20(15-19)25-17-18-9-4-3-5-10-18/h3-5,8-12,15H,1-2,6-7,13-14,16-17H2,(H,22,24). The van der Waals surface area contributed by atoms with Gasteiger partial charge in [0.15, 0.2) is 0 Å². The van der Waals surface area contributed by atoms with Crippen LogP contribution in [0, 0.1) is 0 Å². The second-order valence-corrected chi connectivity index (χ2v) is 6.54. The number of nitrogens with zero attached hydrogens (tertiary/aromatic N) is 1. The first-order chi connectivity index (χ1) is 12.3. The third kappa shape index (κ3) is 5.91. The lowest BCUT2D eigenvalue weighted by atomic mass is 10.2. The number of carbonyl (C=O) groups is 1. The minimum Gasteiger partial charge on any atom is -0.489 e. The number of benzene rings is 2. The van der Waals surface area contributed by atoms with Crippen LogP contribution >= 0.6 is 0 Å². The van der Waals surface area contributed by atoms with Crippen molar-refractivity contribution in [2.45, 2.75) is 32.3 Å². The summed E-state index contributed by atoms with van der Waals surface area (Å²) in [6.07, 6.45) is 4.93. The molecule has 1 saturated heterocycles. The summed E-state index contributed by atoms with van der Waals surface area (Å²) < 4.78 is 5.82. The van der Waals surface area contributed by atoms with Crippen molar-refractivity contribution >= 4 is 11.6 Å². The van der Waals surface area contributed by atoms with Gasteiger partial charge >= 0.3 is 0 Å². The Bertz CT molecular complexity index is 665. The van der Waals surface area contributed by atoms with Gasteiger partial charge in [-0.05, 0) is 43.6 Å². The molecule has 1 heterocycles. The van der Waals surface area contributed by atoms with Gasteiger partial charge < -0.3 is 10.1 Å². The quantitative estimate of drug-likeness (QED) is 0.863. The van der Waals surface area contributed by atoms with Crippen LogP contribution in [0.5, 0.6) is 5.75 Å². The molecule has 0 spiro atoms. The number of nitrogens with one attached hydrogen (secondary N) is 1. The molecule has 1 amide bonds. The molecular formula is C21H26N2O2. The fourth-order valence-corrected chi connectivity index (χ4v) is 3.10. The molecule has 0 aromatic heterocycles. The van der Waals surface area contributed by atoms with Crippen LogP contribution in [0.15, 0.2) is 54.6 Å². The summed E-state index contributed by atoms with van der Waals surface area (Å²) in [6.45, 7) is 3.03. The molecule has 132 valence electrons. The number of hydrogen-bond donors (Lipinski definition) is 1. The first kappa shape index (κ1) is 17.5. The molecule has 1 fully saturated rings. The minimum atomic E-state index is 0.0436. The van der Waals surface area contributed by atoms with Gasteiger partial charge in [-0.25, -0.2) is 0 Å². The van der Waals surface area contributed by atoms with Crippen molar-refractivity contribution < 1.29 is 9.53 Å². The van der Waals surface area contributed by atoms with Crippen LogP contribution < -0.4 is 10.1 Å². The van der Waals surface area contributed by atoms with Crippen LogP contribution in [0.4, 0.5) is 5.69 Å². The van der Waals surface area contributed by atoms with Crippen LogP contribution in [0.1, 0.15) is 31.2 Å². The largest absolute Gasteiger partial charge is 0.489 e. The average Bonchev–Trinajstić information content (AvgIpc) is 2.90. The van der Waals surface area contributed by atoms with Crippen LogP contribution in [0.25, 0.3) is 0 Å². The maximum Gasteiger partial charge on any atom is 0.238 e. The monoisotopic (exact) mass is 338 g/mol. The summed E-state index contributed by atoms with van der Waals surface area (Å²) in [5.74, 6) is 0.804. The zero-order valence-corrected chi connectivity index (χ0v) is 14.6. The number of amides is 1. The lowest BCUT2D eigenvalue weighted by molar-refractivity contribution is -0.117. The average molecular weight is 338 g/mol. The first-order valence-electron chi connectivity index (χ1n) is 9.08. The maximum absolute atomic E-state index is 12.3. The SMILES string of the molecule is O=C(CN1CCCCCC1)Nc1cccc(OCc2ccccc2)c1. The molecule has 3 rings (SSSR count). The number of anilines is 1. The third-order valence-corrected chi connectivity index (χ3v) is 4.43. The fourth-order valence-electron chi connectivity index (χ4n) is 3.10. The van der Waals surface area contributed by atoms with E-state index >= 15 is 0 Å². The highest BCUT2D eigenvalue weighted by Crippen LogP contribution is 2.19. The van der Waals surface area contributed by atoms with Gasteiger partial charge in [-0.3, -0.25) is 9.69 Å². The Morgan fingerprint density at radius 2 is 1.72 bits per heavy atom. The summed E-state index contributed by atoms with van der Waals surface area (Å²) in [7, 11) is 0. The Labute approximate surface area is 149 Å². The van der Waals surface area contributed by atoms with Crippen LogP contribution in [-0.4, -0.2) is 30.4 Å². The lowest BCUT2D eigenvalue weighted by Crippen LogP contribution is -2.33. The Morgan fingerprint density at radius 3 is 2.48 bits per heavy atom. The summed E-state index contributed by atoms with van der Waals surface area (Å²) >= 11 is 0. The van der Waals surface area contributed by atoms with Crippen molar-refractivity contribution in [1.29, 1.82) is 0 Å². The minimum absolute atomic E-state index is 0.0436. The Hall–Kier alpha value is -2.33. The molecule has 4 nitrogen and oxygen atoms in total. The molecule has 0 saturated carbocycles. The van der Waals surface area contributed by atoms with Gasteiger partial charge in [0.2, 0.25) is 5.91 Å². The van der Waals surface area contributed by atoms with E-state index in [-0.39, 0.29) is 5.91 Å². The molecule has 0 atom stereocenters. The molecular weight excluding hydrogens is 312 g/mol. The van der Waals surface area contributed by atoms with Gasteiger partial charge in [0.05, 0.1) is 6.54 Å². The van der Waals surface area contributed by atoms with E-state index in [1.807, 2.05) is 54.6 Å². The molecule has 0 aliphatic carbocycles. The second kappa shape index (κ2) is 9.23. The second-order valence-electron chi connectivity index (χ2n) is 6.54. The summed E-state index contributed by atoms with van der Waals surface area (Å²) in [6, 6.07) is 17.6. The Kier molecular flexibility index (Phi) is 6.46. The van der Waals surface area contributed by atoms with E-state index in [2.05, 4.69) is 10.2 Å². The van der Waals surface area contributed by atoms with Crippen molar-refractivity contribution in [3.63, 3.8) is 0 Å². The highest BCUT2D eigenvalue weighted by molar-refractivity contribution is 5.92. The zero-order valence-electron chi connectivity index (χ0n) is 14.6. The molecule has 0 radical (unpaired) electrons. The summed E-state index contributed by atoms with van der Waals surface area (Å²) in [5, 5.41) is 2.99. The molecule has 2 aromatic rings. The molecule has 1 aliphatic heterocycles. The van der Waals surface area contributed by atoms with Gasteiger partial charge in [-0.1, -0.05) is 49.2 Å². The van der Waals surface area contributed by atoms with Gasteiger partial charge in [-0.15, -0.1) is 0 Å². The zero-order chi connectivity index (χ0) is 17.3. The topological polar surface area (TPSA) is 41.6 Å². The van der Waals surface area contributed by atoms with E-state index in [1.54, 1.807) is 0 Å². The number of hydrogen-bond acceptors (Lipinski definition) is 3.